The van der Waals surface area contributed by atoms with Gasteiger partial charge in [0.25, 0.3) is 5.69 Å². The highest BCUT2D eigenvalue weighted by Gasteiger charge is 2.31. The lowest BCUT2D eigenvalue weighted by molar-refractivity contribution is -0.385. The average Bonchev–Trinajstić information content (AvgIpc) is 3.22. The summed E-state index contributed by atoms with van der Waals surface area (Å²) in [4.78, 5) is 14.7. The van der Waals surface area contributed by atoms with Gasteiger partial charge in [0.1, 0.15) is 5.82 Å². The molecule has 1 heterocycles. The number of rotatable bonds is 3. The van der Waals surface area contributed by atoms with Crippen LogP contribution in [0.5, 0.6) is 0 Å². The molecule has 0 N–H and O–H groups in total. The van der Waals surface area contributed by atoms with Crippen LogP contribution in [0.15, 0.2) is 18.2 Å². The molecule has 1 aliphatic heterocycles. The minimum absolute atomic E-state index is 0.181. The van der Waals surface area contributed by atoms with Crippen LogP contribution in [0.1, 0.15) is 12.8 Å². The van der Waals surface area contributed by atoms with Gasteiger partial charge in [0, 0.05) is 44.0 Å². The van der Waals surface area contributed by atoms with Gasteiger partial charge in [-0.05, 0) is 18.9 Å². The second-order valence-electron chi connectivity index (χ2n) is 5.18. The van der Waals surface area contributed by atoms with Crippen molar-refractivity contribution in [2.75, 3.05) is 31.1 Å². The molecule has 0 radical (unpaired) electrons. The van der Waals surface area contributed by atoms with Crippen molar-refractivity contribution in [1.29, 1.82) is 0 Å². The van der Waals surface area contributed by atoms with Crippen LogP contribution in [-0.4, -0.2) is 42.0 Å². The van der Waals surface area contributed by atoms with E-state index in [-0.39, 0.29) is 5.69 Å². The van der Waals surface area contributed by atoms with Gasteiger partial charge in [-0.1, -0.05) is 0 Å². The van der Waals surface area contributed by atoms with Crippen molar-refractivity contribution >= 4 is 11.4 Å². The van der Waals surface area contributed by atoms with E-state index in [0.717, 1.165) is 38.3 Å². The number of anilines is 1. The van der Waals surface area contributed by atoms with Crippen LogP contribution in [-0.2, 0) is 0 Å². The van der Waals surface area contributed by atoms with E-state index in [4.69, 9.17) is 0 Å². The molecule has 1 aliphatic carbocycles. The molecule has 2 aliphatic rings. The van der Waals surface area contributed by atoms with Gasteiger partial charge in [0.05, 0.1) is 11.0 Å². The largest absolute Gasteiger partial charge is 0.369 e. The van der Waals surface area contributed by atoms with E-state index in [0.29, 0.717) is 5.69 Å². The first-order valence-corrected chi connectivity index (χ1v) is 6.57. The number of nitro groups is 1. The molecular formula is C13H16FN3O2. The summed E-state index contributed by atoms with van der Waals surface area (Å²) < 4.78 is 13.4. The lowest BCUT2D eigenvalue weighted by atomic mass is 10.2. The van der Waals surface area contributed by atoms with E-state index in [9.17, 15) is 14.5 Å². The monoisotopic (exact) mass is 265 g/mol. The van der Waals surface area contributed by atoms with Gasteiger partial charge in [-0.3, -0.25) is 15.0 Å². The van der Waals surface area contributed by atoms with Gasteiger partial charge in [0.2, 0.25) is 0 Å². The minimum Gasteiger partial charge on any atom is -0.369 e. The molecule has 1 saturated heterocycles. The van der Waals surface area contributed by atoms with Crippen LogP contribution < -0.4 is 4.90 Å². The zero-order chi connectivity index (χ0) is 13.4. The zero-order valence-electron chi connectivity index (χ0n) is 10.6. The maximum atomic E-state index is 13.4. The van der Waals surface area contributed by atoms with Gasteiger partial charge in [-0.2, -0.15) is 0 Å². The van der Waals surface area contributed by atoms with Crippen LogP contribution in [0, 0.1) is 15.9 Å². The first-order valence-electron chi connectivity index (χ1n) is 6.57. The first kappa shape index (κ1) is 12.3. The molecule has 102 valence electrons. The highest BCUT2D eigenvalue weighted by atomic mass is 19.1. The summed E-state index contributed by atoms with van der Waals surface area (Å²) in [5, 5.41) is 10.7. The molecule has 3 rings (SSSR count). The van der Waals surface area contributed by atoms with Crippen LogP contribution in [0.4, 0.5) is 15.8 Å². The first-order chi connectivity index (χ1) is 9.13. The summed E-state index contributed by atoms with van der Waals surface area (Å²) in [7, 11) is 0. The SMILES string of the molecule is O=[N+]([O-])c1cc(F)cc(N2CCN(C3CC3)CC2)c1. The van der Waals surface area contributed by atoms with E-state index < -0.39 is 10.7 Å². The third kappa shape index (κ3) is 2.68. The Bertz CT molecular complexity index is 497. The number of nitro benzene ring substituents is 1. The fourth-order valence-electron chi connectivity index (χ4n) is 2.63. The van der Waals surface area contributed by atoms with Crippen molar-refractivity contribution in [2.45, 2.75) is 18.9 Å². The Morgan fingerprint density at radius 3 is 2.42 bits per heavy atom. The zero-order valence-corrected chi connectivity index (χ0v) is 10.6. The highest BCUT2D eigenvalue weighted by molar-refractivity contribution is 5.54. The molecule has 19 heavy (non-hydrogen) atoms. The van der Waals surface area contributed by atoms with Gasteiger partial charge >= 0.3 is 0 Å². The Morgan fingerprint density at radius 2 is 1.84 bits per heavy atom. The molecule has 6 heteroatoms. The van der Waals surface area contributed by atoms with E-state index in [1.165, 1.54) is 25.0 Å². The minimum atomic E-state index is -0.549. The number of hydrogen-bond acceptors (Lipinski definition) is 4. The number of benzene rings is 1. The third-order valence-electron chi connectivity index (χ3n) is 3.82. The van der Waals surface area contributed by atoms with Crippen LogP contribution in [0.3, 0.4) is 0 Å². The van der Waals surface area contributed by atoms with Gasteiger partial charge in [-0.25, -0.2) is 4.39 Å². The second-order valence-corrected chi connectivity index (χ2v) is 5.18. The second kappa shape index (κ2) is 4.77. The fraction of sp³-hybridized carbons (Fsp3) is 0.538. The van der Waals surface area contributed by atoms with Crippen LogP contribution in [0.2, 0.25) is 0 Å². The molecule has 1 saturated carbocycles. The van der Waals surface area contributed by atoms with E-state index in [1.807, 2.05) is 4.90 Å². The summed E-state index contributed by atoms with van der Waals surface area (Å²) in [6.07, 6.45) is 2.57. The predicted octanol–water partition coefficient (Wildman–Crippen LogP) is 2.02. The van der Waals surface area contributed by atoms with Crippen molar-refractivity contribution in [3.8, 4) is 0 Å². The summed E-state index contributed by atoms with van der Waals surface area (Å²) in [5.74, 6) is -0.547. The Labute approximate surface area is 110 Å². The van der Waals surface area contributed by atoms with Crippen molar-refractivity contribution in [3.05, 3.63) is 34.1 Å². The van der Waals surface area contributed by atoms with Gasteiger partial charge < -0.3 is 4.90 Å². The van der Waals surface area contributed by atoms with Crippen molar-refractivity contribution < 1.29 is 9.31 Å². The topological polar surface area (TPSA) is 49.6 Å². The predicted molar refractivity (Wildman–Crippen MR) is 69.9 cm³/mol. The standard InChI is InChI=1S/C13H16FN3O2/c14-10-7-12(9-13(8-10)17(18)19)16-5-3-15(4-6-16)11-1-2-11/h7-9,11H,1-6H2. The molecule has 0 aromatic heterocycles. The lowest BCUT2D eigenvalue weighted by Crippen LogP contribution is -2.47. The highest BCUT2D eigenvalue weighted by Crippen LogP contribution is 2.29. The number of piperazine rings is 1. The normalized spacial score (nSPS) is 20.6. The van der Waals surface area contributed by atoms with Crippen molar-refractivity contribution in [1.82, 2.24) is 4.90 Å². The molecule has 0 bridgehead atoms. The van der Waals surface area contributed by atoms with Crippen LogP contribution in [0.25, 0.3) is 0 Å². The molecule has 2 fully saturated rings. The number of nitrogens with zero attached hydrogens (tertiary/aromatic N) is 3. The third-order valence-corrected chi connectivity index (χ3v) is 3.82. The number of halogens is 1. The molecule has 1 aromatic carbocycles. The average molecular weight is 265 g/mol. The summed E-state index contributed by atoms with van der Waals surface area (Å²) in [5.41, 5.74) is 0.432. The molecule has 0 spiro atoms. The fourth-order valence-corrected chi connectivity index (χ4v) is 2.63. The number of hydrogen-bond donors (Lipinski definition) is 0. The molecule has 0 atom stereocenters. The molecule has 0 amide bonds. The lowest BCUT2D eigenvalue weighted by Gasteiger charge is -2.36. The Kier molecular flexibility index (Phi) is 3.10. The smallest absolute Gasteiger partial charge is 0.274 e. The van der Waals surface area contributed by atoms with Crippen molar-refractivity contribution in [3.63, 3.8) is 0 Å². The van der Waals surface area contributed by atoms with Crippen molar-refractivity contribution in [2.24, 2.45) is 0 Å². The molecular weight excluding hydrogens is 249 g/mol. The Morgan fingerprint density at radius 1 is 1.16 bits per heavy atom. The van der Waals surface area contributed by atoms with E-state index in [2.05, 4.69) is 4.90 Å². The summed E-state index contributed by atoms with van der Waals surface area (Å²) in [6.45, 7) is 3.51. The summed E-state index contributed by atoms with van der Waals surface area (Å²) in [6, 6.07) is 4.53. The van der Waals surface area contributed by atoms with E-state index in [1.54, 1.807) is 0 Å². The maximum absolute atomic E-state index is 13.4. The quantitative estimate of drug-likeness (QED) is 0.619. The van der Waals surface area contributed by atoms with E-state index >= 15 is 0 Å². The Hall–Kier alpha value is -1.69. The molecule has 5 nitrogen and oxygen atoms in total. The van der Waals surface area contributed by atoms with Gasteiger partial charge in [0.15, 0.2) is 0 Å². The van der Waals surface area contributed by atoms with Crippen LogP contribution >= 0.6 is 0 Å². The van der Waals surface area contributed by atoms with Gasteiger partial charge in [-0.15, -0.1) is 0 Å². The molecule has 0 unspecified atom stereocenters. The Balaban J connectivity index is 1.73. The summed E-state index contributed by atoms with van der Waals surface area (Å²) >= 11 is 0. The number of non-ortho nitro benzene ring substituents is 1. The maximum Gasteiger partial charge on any atom is 0.274 e. The molecule has 1 aromatic rings.